The largest absolute Gasteiger partial charge is 0.451 e. The number of rotatable bonds is 6. The van der Waals surface area contributed by atoms with Crippen LogP contribution in [0, 0.1) is 27.9 Å². The van der Waals surface area contributed by atoms with Crippen LogP contribution in [0.25, 0.3) is 0 Å². The third kappa shape index (κ3) is 4.22. The Bertz CT molecular complexity index is 1270. The van der Waals surface area contributed by atoms with Gasteiger partial charge in [-0.2, -0.15) is 5.26 Å². The average Bonchev–Trinajstić information content (AvgIpc) is 3.18. The summed E-state index contributed by atoms with van der Waals surface area (Å²) in [6, 6.07) is 8.65. The van der Waals surface area contributed by atoms with Gasteiger partial charge in [0.15, 0.2) is 17.2 Å². The van der Waals surface area contributed by atoms with E-state index in [4.69, 9.17) is 10.00 Å². The maximum atomic E-state index is 13.8. The van der Waals surface area contributed by atoms with Gasteiger partial charge in [-0.25, -0.2) is 0 Å². The molecule has 5 atom stereocenters. The van der Waals surface area contributed by atoms with Crippen molar-refractivity contribution in [3.63, 3.8) is 0 Å². The SMILES string of the molecule is CC(=O)O[C@]1(C(=O)CSC#N)CCC2C3CCC4=CC(=O)CCC4=C3[C@@H](c3ccc(N(C)C)cc3)C[C@@]21C. The summed E-state index contributed by atoms with van der Waals surface area (Å²) >= 11 is 0.917. The number of thioether (sulfide) groups is 1. The fraction of sp³-hybridized carbons (Fsp3) is 0.548. The Hall–Kier alpha value is -2.85. The molecule has 0 saturated heterocycles. The molecule has 0 spiro atoms. The summed E-state index contributed by atoms with van der Waals surface area (Å²) in [7, 11) is 4.05. The highest BCUT2D eigenvalue weighted by Gasteiger charge is 2.68. The van der Waals surface area contributed by atoms with Crippen molar-refractivity contribution in [3.8, 4) is 5.40 Å². The molecule has 0 aromatic heterocycles. The number of hydrogen-bond acceptors (Lipinski definition) is 7. The molecule has 0 radical (unpaired) electrons. The van der Waals surface area contributed by atoms with E-state index < -0.39 is 17.0 Å². The molecule has 0 amide bonds. The molecule has 1 aromatic rings. The zero-order valence-corrected chi connectivity index (χ0v) is 23.5. The molecule has 2 fully saturated rings. The van der Waals surface area contributed by atoms with E-state index in [0.717, 1.165) is 43.1 Å². The number of fused-ring (bicyclic) bond motifs is 4. The minimum Gasteiger partial charge on any atom is -0.451 e. The Balaban J connectivity index is 1.67. The van der Waals surface area contributed by atoms with Gasteiger partial charge in [0, 0.05) is 44.5 Å². The zero-order chi connectivity index (χ0) is 27.2. The van der Waals surface area contributed by atoms with Crippen molar-refractivity contribution in [1.82, 2.24) is 0 Å². The van der Waals surface area contributed by atoms with E-state index in [-0.39, 0.29) is 35.1 Å². The van der Waals surface area contributed by atoms with Crippen LogP contribution in [-0.4, -0.2) is 43.0 Å². The third-order valence-electron chi connectivity index (χ3n) is 9.70. The van der Waals surface area contributed by atoms with Crippen molar-refractivity contribution < 1.29 is 19.1 Å². The first-order chi connectivity index (χ1) is 18.1. The predicted molar refractivity (Wildman–Crippen MR) is 149 cm³/mol. The van der Waals surface area contributed by atoms with E-state index in [1.165, 1.54) is 29.2 Å². The number of hydrogen-bond donors (Lipinski definition) is 0. The highest BCUT2D eigenvalue weighted by molar-refractivity contribution is 8.04. The van der Waals surface area contributed by atoms with Gasteiger partial charge in [0.25, 0.3) is 0 Å². The van der Waals surface area contributed by atoms with Crippen molar-refractivity contribution in [2.75, 3.05) is 24.7 Å². The standard InChI is InChI=1S/C31H36N2O4S/c1-19(34)37-31(28(36)17-38-18-32)14-13-27-25-11-7-21-15-23(35)10-12-24(21)29(25)26(16-30(27,31)2)20-5-8-22(9-6-20)33(3)4/h5-6,8-9,15,25-27H,7,10-14,16-17H2,1-4H3/t25?,26-,27?,30+,31+/m1/s1. The van der Waals surface area contributed by atoms with Gasteiger partial charge in [0.05, 0.1) is 5.75 Å². The molecule has 1 aromatic carbocycles. The molecule has 4 aliphatic carbocycles. The van der Waals surface area contributed by atoms with Crippen molar-refractivity contribution in [1.29, 1.82) is 5.26 Å². The van der Waals surface area contributed by atoms with Crippen LogP contribution in [-0.2, 0) is 19.1 Å². The van der Waals surface area contributed by atoms with Crippen LogP contribution in [0.3, 0.4) is 0 Å². The second-order valence-corrected chi connectivity index (χ2v) is 12.5. The molecule has 0 aliphatic heterocycles. The molecule has 0 heterocycles. The topological polar surface area (TPSA) is 87.5 Å². The number of carbonyl (C=O) groups is 3. The van der Waals surface area contributed by atoms with Gasteiger partial charge in [0.2, 0.25) is 0 Å². The molecular formula is C31H36N2O4S. The molecule has 38 heavy (non-hydrogen) atoms. The maximum absolute atomic E-state index is 13.8. The van der Waals surface area contributed by atoms with Gasteiger partial charge >= 0.3 is 5.97 Å². The molecule has 2 unspecified atom stereocenters. The van der Waals surface area contributed by atoms with Crippen molar-refractivity contribution in [2.45, 2.75) is 70.3 Å². The molecule has 6 nitrogen and oxygen atoms in total. The molecule has 4 aliphatic rings. The number of allylic oxidation sites excluding steroid dienone is 4. The monoisotopic (exact) mass is 532 g/mol. The van der Waals surface area contributed by atoms with Crippen LogP contribution >= 0.6 is 11.8 Å². The number of Topliss-reactive ketones (excluding diaryl/α,β-unsaturated/α-hetero) is 1. The lowest BCUT2D eigenvalue weighted by Gasteiger charge is -2.55. The Morgan fingerprint density at radius 1 is 1.16 bits per heavy atom. The molecule has 7 heteroatoms. The number of esters is 1. The Morgan fingerprint density at radius 3 is 2.55 bits per heavy atom. The zero-order valence-electron chi connectivity index (χ0n) is 22.7. The average molecular weight is 533 g/mol. The van der Waals surface area contributed by atoms with E-state index in [2.05, 4.69) is 36.1 Å². The van der Waals surface area contributed by atoms with Gasteiger partial charge in [-0.3, -0.25) is 14.4 Å². The maximum Gasteiger partial charge on any atom is 0.303 e. The molecule has 0 N–H and O–H groups in total. The first-order valence-electron chi connectivity index (χ1n) is 13.6. The normalized spacial score (nSPS) is 31.9. The number of thiocyanates is 1. The molecule has 2 saturated carbocycles. The summed E-state index contributed by atoms with van der Waals surface area (Å²) < 4.78 is 6.08. The summed E-state index contributed by atoms with van der Waals surface area (Å²) in [6.45, 7) is 3.54. The lowest BCUT2D eigenvalue weighted by molar-refractivity contribution is -0.182. The molecule has 5 rings (SSSR count). The van der Waals surface area contributed by atoms with E-state index in [1.54, 1.807) is 0 Å². The molecule has 0 bridgehead atoms. The second-order valence-electron chi connectivity index (χ2n) is 11.7. The number of carbonyl (C=O) groups excluding carboxylic acids is 3. The molecule has 200 valence electrons. The number of benzene rings is 1. The van der Waals surface area contributed by atoms with Crippen molar-refractivity contribution >= 4 is 35.0 Å². The van der Waals surface area contributed by atoms with Gasteiger partial charge in [-0.15, -0.1) is 0 Å². The Kier molecular flexibility index (Phi) is 7.06. The lowest BCUT2D eigenvalue weighted by Crippen LogP contribution is -2.58. The van der Waals surface area contributed by atoms with E-state index in [1.807, 2.05) is 25.6 Å². The van der Waals surface area contributed by atoms with E-state index in [0.29, 0.717) is 19.3 Å². The lowest BCUT2D eigenvalue weighted by atomic mass is 9.50. The first-order valence-corrected chi connectivity index (χ1v) is 14.6. The van der Waals surface area contributed by atoms with Crippen LogP contribution in [0.2, 0.25) is 0 Å². The third-order valence-corrected chi connectivity index (χ3v) is 10.2. The summed E-state index contributed by atoms with van der Waals surface area (Å²) in [6.07, 6.45) is 6.97. The van der Waals surface area contributed by atoms with Gasteiger partial charge in [-0.1, -0.05) is 24.6 Å². The number of ether oxygens (including phenoxy) is 1. The van der Waals surface area contributed by atoms with E-state index in [9.17, 15) is 14.4 Å². The predicted octanol–water partition coefficient (Wildman–Crippen LogP) is 5.74. The van der Waals surface area contributed by atoms with Crippen molar-refractivity contribution in [3.05, 3.63) is 52.6 Å². The van der Waals surface area contributed by atoms with Crippen LogP contribution in [0.4, 0.5) is 5.69 Å². The van der Waals surface area contributed by atoms with Crippen LogP contribution < -0.4 is 4.90 Å². The van der Waals surface area contributed by atoms with E-state index >= 15 is 0 Å². The smallest absolute Gasteiger partial charge is 0.303 e. The van der Waals surface area contributed by atoms with Crippen LogP contribution in [0.5, 0.6) is 0 Å². The minimum atomic E-state index is -1.23. The van der Waals surface area contributed by atoms with Gasteiger partial charge in [0.1, 0.15) is 5.40 Å². The number of ketones is 2. The molecular weight excluding hydrogens is 496 g/mol. The van der Waals surface area contributed by atoms with Gasteiger partial charge in [-0.05, 0) is 97.0 Å². The quantitative estimate of drug-likeness (QED) is 0.341. The Morgan fingerprint density at radius 2 is 1.89 bits per heavy atom. The summed E-state index contributed by atoms with van der Waals surface area (Å²) in [5.41, 5.74) is 4.50. The van der Waals surface area contributed by atoms with Gasteiger partial charge < -0.3 is 9.64 Å². The summed E-state index contributed by atoms with van der Waals surface area (Å²) in [5, 5.41) is 11.2. The number of nitriles is 1. The minimum absolute atomic E-state index is 0.0158. The fourth-order valence-corrected chi connectivity index (χ4v) is 8.52. The second kappa shape index (κ2) is 10.0. The van der Waals surface area contributed by atoms with Crippen LogP contribution in [0.1, 0.15) is 70.3 Å². The fourth-order valence-electron chi connectivity index (χ4n) is 8.09. The van der Waals surface area contributed by atoms with Crippen LogP contribution in [0.15, 0.2) is 47.1 Å². The van der Waals surface area contributed by atoms with Crippen molar-refractivity contribution in [2.24, 2.45) is 17.3 Å². The first kappa shape index (κ1) is 26.7. The highest BCUT2D eigenvalue weighted by atomic mass is 32.2. The number of anilines is 1. The summed E-state index contributed by atoms with van der Waals surface area (Å²) in [4.78, 5) is 40.6. The number of nitrogens with zero attached hydrogens (tertiary/aromatic N) is 2. The summed E-state index contributed by atoms with van der Waals surface area (Å²) in [5.74, 6) is 0.152. The highest BCUT2D eigenvalue weighted by Crippen LogP contribution is 2.68. The Labute approximate surface area is 229 Å².